The molecule has 0 atom stereocenters. The topological polar surface area (TPSA) is 27.1 Å². The molecule has 0 saturated carbocycles. The minimum absolute atomic E-state index is 0.602. The van der Waals surface area contributed by atoms with Crippen LogP contribution in [0.4, 0.5) is 0 Å². The van der Waals surface area contributed by atoms with Gasteiger partial charge in [-0.15, -0.1) is 0 Å². The van der Waals surface area contributed by atoms with Gasteiger partial charge in [0, 0.05) is 14.7 Å². The summed E-state index contributed by atoms with van der Waals surface area (Å²) in [5.41, 5.74) is 3.45. The standard InChI is InChI=1S/C14H22N2OSi/c1-12-6-5-7-13-14(12)15-10-16(13)11-17-8-9-18(2,3)4/h5-7,10H,8-9,11H2,1-4H3. The first-order chi connectivity index (χ1) is 8.47. The van der Waals surface area contributed by atoms with Gasteiger partial charge in [0.2, 0.25) is 0 Å². The molecule has 0 bridgehead atoms. The van der Waals surface area contributed by atoms with E-state index in [1.165, 1.54) is 11.6 Å². The predicted octanol–water partition coefficient (Wildman–Crippen LogP) is 3.66. The van der Waals surface area contributed by atoms with E-state index in [0.29, 0.717) is 6.73 Å². The minimum Gasteiger partial charge on any atom is -0.361 e. The van der Waals surface area contributed by atoms with E-state index in [0.717, 1.165) is 17.6 Å². The van der Waals surface area contributed by atoms with E-state index in [1.807, 2.05) is 6.33 Å². The Morgan fingerprint density at radius 2 is 2.06 bits per heavy atom. The SMILES string of the molecule is Cc1cccc2c1ncn2COCC[Si](C)(C)C. The predicted molar refractivity (Wildman–Crippen MR) is 78.6 cm³/mol. The Labute approximate surface area is 110 Å². The Balaban J connectivity index is 1.98. The molecule has 0 radical (unpaired) electrons. The molecular formula is C14H22N2OSi. The van der Waals surface area contributed by atoms with Crippen LogP contribution in [0.5, 0.6) is 0 Å². The fourth-order valence-electron chi connectivity index (χ4n) is 1.88. The van der Waals surface area contributed by atoms with Crippen molar-refractivity contribution in [1.82, 2.24) is 9.55 Å². The molecule has 98 valence electrons. The number of fused-ring (bicyclic) bond motifs is 1. The van der Waals surface area contributed by atoms with Crippen LogP contribution < -0.4 is 0 Å². The molecule has 1 aromatic heterocycles. The summed E-state index contributed by atoms with van der Waals surface area (Å²) >= 11 is 0. The molecule has 0 aliphatic rings. The largest absolute Gasteiger partial charge is 0.361 e. The van der Waals surface area contributed by atoms with Gasteiger partial charge in [0.05, 0.1) is 17.4 Å². The lowest BCUT2D eigenvalue weighted by atomic mass is 10.2. The first kappa shape index (κ1) is 13.3. The lowest BCUT2D eigenvalue weighted by molar-refractivity contribution is 0.0898. The molecule has 18 heavy (non-hydrogen) atoms. The molecule has 0 saturated heterocycles. The van der Waals surface area contributed by atoms with Crippen molar-refractivity contribution in [2.75, 3.05) is 6.61 Å². The Morgan fingerprint density at radius 3 is 2.78 bits per heavy atom. The smallest absolute Gasteiger partial charge is 0.124 e. The fourth-order valence-corrected chi connectivity index (χ4v) is 2.63. The van der Waals surface area contributed by atoms with Gasteiger partial charge in [-0.1, -0.05) is 31.8 Å². The van der Waals surface area contributed by atoms with Crippen LogP contribution in [0, 0.1) is 6.92 Å². The molecular weight excluding hydrogens is 240 g/mol. The maximum absolute atomic E-state index is 5.76. The lowest BCUT2D eigenvalue weighted by Gasteiger charge is -2.15. The number of aryl methyl sites for hydroxylation is 1. The highest BCUT2D eigenvalue weighted by molar-refractivity contribution is 6.76. The summed E-state index contributed by atoms with van der Waals surface area (Å²) in [6, 6.07) is 7.46. The van der Waals surface area contributed by atoms with Crippen molar-refractivity contribution >= 4 is 19.1 Å². The number of hydrogen-bond donors (Lipinski definition) is 0. The van der Waals surface area contributed by atoms with Gasteiger partial charge in [-0.2, -0.15) is 0 Å². The van der Waals surface area contributed by atoms with Crippen molar-refractivity contribution in [3.63, 3.8) is 0 Å². The fraction of sp³-hybridized carbons (Fsp3) is 0.500. The number of para-hydroxylation sites is 1. The number of imidazole rings is 1. The highest BCUT2D eigenvalue weighted by Gasteiger charge is 2.12. The van der Waals surface area contributed by atoms with Gasteiger partial charge in [-0.3, -0.25) is 0 Å². The highest BCUT2D eigenvalue weighted by atomic mass is 28.3. The summed E-state index contributed by atoms with van der Waals surface area (Å²) in [5.74, 6) is 0. The highest BCUT2D eigenvalue weighted by Crippen LogP contribution is 2.16. The van der Waals surface area contributed by atoms with E-state index in [4.69, 9.17) is 4.74 Å². The van der Waals surface area contributed by atoms with Crippen LogP contribution in [0.1, 0.15) is 5.56 Å². The molecule has 0 unspecified atom stereocenters. The van der Waals surface area contributed by atoms with Gasteiger partial charge < -0.3 is 9.30 Å². The number of aromatic nitrogens is 2. The molecule has 3 nitrogen and oxygen atoms in total. The van der Waals surface area contributed by atoms with Gasteiger partial charge in [0.1, 0.15) is 6.73 Å². The molecule has 0 amide bonds. The van der Waals surface area contributed by atoms with Gasteiger partial charge in [-0.25, -0.2) is 4.98 Å². The monoisotopic (exact) mass is 262 g/mol. The van der Waals surface area contributed by atoms with E-state index in [1.54, 1.807) is 0 Å². The molecule has 1 aromatic carbocycles. The Bertz CT molecular complexity index is 528. The third-order valence-electron chi connectivity index (χ3n) is 3.08. The van der Waals surface area contributed by atoms with Crippen molar-refractivity contribution in [2.45, 2.75) is 39.3 Å². The average Bonchev–Trinajstić information content (AvgIpc) is 2.68. The number of nitrogens with zero attached hydrogens (tertiary/aromatic N) is 2. The van der Waals surface area contributed by atoms with Crippen LogP contribution in [-0.4, -0.2) is 24.2 Å². The molecule has 2 rings (SSSR count). The lowest BCUT2D eigenvalue weighted by Crippen LogP contribution is -2.21. The first-order valence-electron chi connectivity index (χ1n) is 6.45. The van der Waals surface area contributed by atoms with Crippen molar-refractivity contribution in [3.8, 4) is 0 Å². The molecule has 4 heteroatoms. The summed E-state index contributed by atoms with van der Waals surface area (Å²) in [6.07, 6.45) is 1.87. The summed E-state index contributed by atoms with van der Waals surface area (Å²) in [7, 11) is -0.992. The van der Waals surface area contributed by atoms with E-state index < -0.39 is 8.07 Å². The van der Waals surface area contributed by atoms with Crippen molar-refractivity contribution < 1.29 is 4.74 Å². The van der Waals surface area contributed by atoms with E-state index >= 15 is 0 Å². The zero-order chi connectivity index (χ0) is 13.2. The van der Waals surface area contributed by atoms with Crippen LogP contribution in [0.15, 0.2) is 24.5 Å². The van der Waals surface area contributed by atoms with Crippen molar-refractivity contribution in [1.29, 1.82) is 0 Å². The van der Waals surface area contributed by atoms with E-state index in [-0.39, 0.29) is 0 Å². The summed E-state index contributed by atoms with van der Waals surface area (Å²) < 4.78 is 7.84. The van der Waals surface area contributed by atoms with Crippen LogP contribution in [0.2, 0.25) is 25.7 Å². The number of hydrogen-bond acceptors (Lipinski definition) is 2. The van der Waals surface area contributed by atoms with Gasteiger partial charge in [0.25, 0.3) is 0 Å². The quantitative estimate of drug-likeness (QED) is 0.607. The zero-order valence-electron chi connectivity index (χ0n) is 11.7. The Morgan fingerprint density at radius 1 is 1.28 bits per heavy atom. The van der Waals surface area contributed by atoms with Crippen LogP contribution in [0.3, 0.4) is 0 Å². The first-order valence-corrected chi connectivity index (χ1v) is 10.2. The van der Waals surface area contributed by atoms with Crippen molar-refractivity contribution in [3.05, 3.63) is 30.1 Å². The zero-order valence-corrected chi connectivity index (χ0v) is 12.7. The number of benzene rings is 1. The van der Waals surface area contributed by atoms with Crippen LogP contribution >= 0.6 is 0 Å². The van der Waals surface area contributed by atoms with E-state index in [9.17, 15) is 0 Å². The third-order valence-corrected chi connectivity index (χ3v) is 4.78. The van der Waals surface area contributed by atoms with Gasteiger partial charge in [-0.05, 0) is 24.6 Å². The molecule has 2 aromatic rings. The second-order valence-electron chi connectivity index (χ2n) is 6.01. The second kappa shape index (κ2) is 5.24. The Kier molecular flexibility index (Phi) is 3.87. The summed E-state index contributed by atoms with van der Waals surface area (Å²) in [5, 5.41) is 0. The van der Waals surface area contributed by atoms with Gasteiger partial charge >= 0.3 is 0 Å². The molecule has 0 aliphatic heterocycles. The molecule has 0 aliphatic carbocycles. The molecule has 1 heterocycles. The molecule has 0 N–H and O–H groups in total. The maximum Gasteiger partial charge on any atom is 0.124 e. The van der Waals surface area contributed by atoms with E-state index in [2.05, 4.69) is 54.3 Å². The number of ether oxygens (including phenoxy) is 1. The van der Waals surface area contributed by atoms with Crippen LogP contribution in [-0.2, 0) is 11.5 Å². The van der Waals surface area contributed by atoms with Crippen LogP contribution in [0.25, 0.3) is 11.0 Å². The number of rotatable bonds is 5. The molecule has 0 fully saturated rings. The molecule has 0 spiro atoms. The minimum atomic E-state index is -0.992. The normalized spacial score (nSPS) is 12.2. The van der Waals surface area contributed by atoms with Gasteiger partial charge in [0.15, 0.2) is 0 Å². The van der Waals surface area contributed by atoms with Crippen molar-refractivity contribution in [2.24, 2.45) is 0 Å². The third kappa shape index (κ3) is 3.20. The summed E-state index contributed by atoms with van der Waals surface area (Å²) in [6.45, 7) is 10.6. The Hall–Kier alpha value is -1.13. The second-order valence-corrected chi connectivity index (χ2v) is 11.6. The summed E-state index contributed by atoms with van der Waals surface area (Å²) in [4.78, 5) is 4.44. The maximum atomic E-state index is 5.76. The average molecular weight is 262 g/mol.